The van der Waals surface area contributed by atoms with Crippen LogP contribution < -0.4 is 0 Å². The predicted molar refractivity (Wildman–Crippen MR) is 150 cm³/mol. The third-order valence-electron chi connectivity index (χ3n) is 6.87. The molecule has 3 nitrogen and oxygen atoms in total. The average Bonchev–Trinajstić information content (AvgIpc) is 2.92. The lowest BCUT2D eigenvalue weighted by Crippen LogP contribution is -2.06. The van der Waals surface area contributed by atoms with Crippen LogP contribution in [-0.2, 0) is 10.1 Å². The summed E-state index contributed by atoms with van der Waals surface area (Å²) < 4.78 is 37.1. The minimum Gasteiger partial charge on any atom is -0.282 e. The van der Waals surface area contributed by atoms with E-state index < -0.39 is 10.1 Å². The van der Waals surface area contributed by atoms with Gasteiger partial charge in [-0.3, -0.25) is 4.55 Å². The Hall–Kier alpha value is -4.43. The number of hydrogen-bond acceptors (Lipinski definition) is 2. The van der Waals surface area contributed by atoms with E-state index in [1.165, 1.54) is 0 Å². The Morgan fingerprint density at radius 2 is 1.19 bits per heavy atom. The van der Waals surface area contributed by atoms with Crippen LogP contribution in [0.4, 0.5) is 0 Å². The summed E-state index contributed by atoms with van der Waals surface area (Å²) in [6, 6.07) is 40.8. The van der Waals surface area contributed by atoms with Gasteiger partial charge in [-0.1, -0.05) is 97.1 Å². The van der Waals surface area contributed by atoms with Crippen molar-refractivity contribution in [3.8, 4) is 33.4 Å². The maximum absolute atomic E-state index is 13.2. The summed E-state index contributed by atoms with van der Waals surface area (Å²) in [7, 11) is -4.64. The molecule has 0 bridgehead atoms. The van der Waals surface area contributed by atoms with Crippen molar-refractivity contribution in [2.45, 2.75) is 11.8 Å². The standard InChI is InChI=1S/C33H22O3S/c1-22-29(23-12-4-2-5-13-23)20-25-16-8-10-18-27(25)31(22)32-28-19-11-9-17-26(28)21-30(33(32)37(34,35)36)24-14-6-3-7-15-24/h2-8,10,12-21H,1H3,(H,34,35,36). The van der Waals surface area contributed by atoms with Gasteiger partial charge in [0.2, 0.25) is 0 Å². The van der Waals surface area contributed by atoms with Gasteiger partial charge in [0.1, 0.15) is 4.90 Å². The van der Waals surface area contributed by atoms with Crippen LogP contribution in [0.2, 0.25) is 0 Å². The van der Waals surface area contributed by atoms with Gasteiger partial charge in [0.05, 0.1) is 0 Å². The fourth-order valence-electron chi connectivity index (χ4n) is 5.25. The summed E-state index contributed by atoms with van der Waals surface area (Å²) in [5.41, 5.74) is 5.34. The molecule has 0 aromatic heterocycles. The van der Waals surface area contributed by atoms with Crippen LogP contribution in [0.1, 0.15) is 5.56 Å². The number of hydrogen-bond donors (Lipinski definition) is 1. The quantitative estimate of drug-likeness (QED) is 0.250. The van der Waals surface area contributed by atoms with Gasteiger partial charge in [0.15, 0.2) is 0 Å². The molecule has 6 rings (SSSR count). The van der Waals surface area contributed by atoms with Gasteiger partial charge in [-0.15, -0.1) is 0 Å². The molecule has 6 aromatic carbocycles. The minimum atomic E-state index is -4.64. The van der Waals surface area contributed by atoms with E-state index in [0.717, 1.165) is 38.4 Å². The molecule has 0 aliphatic heterocycles. The highest BCUT2D eigenvalue weighted by Gasteiger charge is 2.28. The molecule has 0 unspecified atom stereocenters. The van der Waals surface area contributed by atoms with Crippen LogP contribution >= 0.6 is 0 Å². The summed E-state index contributed by atoms with van der Waals surface area (Å²) in [6.07, 6.45) is 0. The molecule has 37 heavy (non-hydrogen) atoms. The Morgan fingerprint density at radius 1 is 0.622 bits per heavy atom. The Morgan fingerprint density at radius 3 is 1.86 bits per heavy atom. The smallest absolute Gasteiger partial charge is 0.282 e. The first-order valence-corrected chi connectivity index (χ1v) is 13.4. The van der Waals surface area contributed by atoms with E-state index >= 15 is 0 Å². The first-order valence-electron chi connectivity index (χ1n) is 11.9. The van der Waals surface area contributed by atoms with E-state index in [9.17, 15) is 13.0 Å². The Bertz CT molecular complexity index is 1890. The van der Waals surface area contributed by atoms with Crippen molar-refractivity contribution in [1.82, 2.24) is 0 Å². The molecule has 0 atom stereocenters. The lowest BCUT2D eigenvalue weighted by atomic mass is 9.85. The molecule has 178 valence electrons. The minimum absolute atomic E-state index is 0.107. The van der Waals surface area contributed by atoms with Gasteiger partial charge < -0.3 is 0 Å². The molecule has 6 aromatic rings. The fourth-order valence-corrected chi connectivity index (χ4v) is 6.17. The molecule has 0 aliphatic carbocycles. The largest absolute Gasteiger partial charge is 0.295 e. The molecule has 0 heterocycles. The first-order chi connectivity index (χ1) is 17.9. The van der Waals surface area contributed by atoms with E-state index in [1.807, 2.05) is 91.9 Å². The zero-order valence-electron chi connectivity index (χ0n) is 20.1. The molecule has 0 spiro atoms. The van der Waals surface area contributed by atoms with Crippen molar-refractivity contribution in [3.63, 3.8) is 0 Å². The van der Waals surface area contributed by atoms with Crippen molar-refractivity contribution in [1.29, 1.82) is 0 Å². The van der Waals surface area contributed by atoms with E-state index in [-0.39, 0.29) is 4.90 Å². The average molecular weight is 499 g/mol. The van der Waals surface area contributed by atoms with Crippen LogP contribution in [0.3, 0.4) is 0 Å². The highest BCUT2D eigenvalue weighted by molar-refractivity contribution is 7.86. The summed E-state index contributed by atoms with van der Waals surface area (Å²) >= 11 is 0. The second-order valence-corrected chi connectivity index (χ2v) is 10.4. The van der Waals surface area contributed by atoms with Crippen LogP contribution in [0.25, 0.3) is 54.9 Å². The molecule has 0 saturated carbocycles. The second-order valence-electron chi connectivity index (χ2n) is 9.06. The second kappa shape index (κ2) is 8.90. The van der Waals surface area contributed by atoms with Gasteiger partial charge in [0, 0.05) is 11.1 Å². The van der Waals surface area contributed by atoms with Crippen molar-refractivity contribution in [3.05, 3.63) is 127 Å². The highest BCUT2D eigenvalue weighted by atomic mass is 32.2. The Balaban J connectivity index is 1.87. The maximum Gasteiger partial charge on any atom is 0.295 e. The van der Waals surface area contributed by atoms with Crippen molar-refractivity contribution >= 4 is 31.7 Å². The summed E-state index contributed by atoms with van der Waals surface area (Å²) in [4.78, 5) is -0.107. The van der Waals surface area contributed by atoms with Gasteiger partial charge >= 0.3 is 0 Å². The van der Waals surface area contributed by atoms with Gasteiger partial charge in [0.25, 0.3) is 10.1 Å². The van der Waals surface area contributed by atoms with Crippen molar-refractivity contribution in [2.24, 2.45) is 0 Å². The molecule has 0 amide bonds. The third-order valence-corrected chi connectivity index (χ3v) is 7.81. The van der Waals surface area contributed by atoms with Crippen LogP contribution in [0.15, 0.2) is 114 Å². The molecule has 0 radical (unpaired) electrons. The summed E-state index contributed by atoms with van der Waals surface area (Å²) in [5.74, 6) is 0. The van der Waals surface area contributed by atoms with E-state index in [2.05, 4.69) is 18.2 Å². The molecular weight excluding hydrogens is 476 g/mol. The topological polar surface area (TPSA) is 54.4 Å². The normalized spacial score (nSPS) is 11.5. The number of fused-ring (bicyclic) bond motifs is 2. The lowest BCUT2D eigenvalue weighted by Gasteiger charge is -2.21. The van der Waals surface area contributed by atoms with E-state index in [0.29, 0.717) is 22.1 Å². The Labute approximate surface area is 216 Å². The predicted octanol–water partition coefficient (Wildman–Crippen LogP) is 8.15. The molecule has 0 saturated heterocycles. The number of benzene rings is 5. The van der Waals surface area contributed by atoms with Gasteiger partial charge in [-0.2, -0.15) is 8.42 Å². The van der Waals surface area contributed by atoms with Crippen LogP contribution in [0.5, 0.6) is 0 Å². The molecule has 0 fully saturated rings. The van der Waals surface area contributed by atoms with E-state index in [4.69, 9.17) is 0 Å². The third kappa shape index (κ3) is 3.95. The molecule has 4 heteroatoms. The van der Waals surface area contributed by atoms with Crippen molar-refractivity contribution < 1.29 is 13.0 Å². The highest BCUT2D eigenvalue weighted by Crippen LogP contribution is 2.46. The first kappa shape index (κ1) is 23.0. The van der Waals surface area contributed by atoms with Crippen LogP contribution in [0, 0.1) is 19.1 Å². The Kier molecular flexibility index (Phi) is 5.53. The molecule has 0 aliphatic rings. The summed E-state index contributed by atoms with van der Waals surface area (Å²) in [6.45, 7) is 2.01. The lowest BCUT2D eigenvalue weighted by molar-refractivity contribution is 0.484. The summed E-state index contributed by atoms with van der Waals surface area (Å²) in [5, 5.41) is 3.38. The maximum atomic E-state index is 13.2. The van der Waals surface area contributed by atoms with Crippen LogP contribution in [-0.4, -0.2) is 13.0 Å². The SMILES string of the molecule is Cc1c(-c2ccccc2)cc2ccccc2c1-c1c(S(=O)(=O)O)c(-c2ccccc2)cc2cc#ccc12. The number of rotatable bonds is 4. The van der Waals surface area contributed by atoms with Gasteiger partial charge in [-0.25, -0.2) is 0 Å². The zero-order chi connectivity index (χ0) is 25.6. The van der Waals surface area contributed by atoms with Gasteiger partial charge in [-0.05, 0) is 80.6 Å². The molecular formula is C33H22O3S. The zero-order valence-corrected chi connectivity index (χ0v) is 20.9. The fraction of sp³-hybridized carbons (Fsp3) is 0.0303. The van der Waals surface area contributed by atoms with E-state index in [1.54, 1.807) is 18.2 Å². The van der Waals surface area contributed by atoms with Crippen molar-refractivity contribution in [2.75, 3.05) is 0 Å². The monoisotopic (exact) mass is 498 g/mol. The molecule has 1 N–H and O–H groups in total.